The third-order valence-electron chi connectivity index (χ3n) is 2.20. The molecule has 0 rings (SSSR count). The van der Waals surface area contributed by atoms with Crippen LogP contribution in [0.2, 0.25) is 0 Å². The first kappa shape index (κ1) is 12.2. The molecule has 0 aromatic rings. The molecule has 0 fully saturated rings. The summed E-state index contributed by atoms with van der Waals surface area (Å²) < 4.78 is 0. The largest absolute Gasteiger partial charge is 0.330 e. The van der Waals surface area contributed by atoms with Gasteiger partial charge in [0.2, 0.25) is 0 Å². The maximum atomic E-state index is 11.3. The standard InChI is InChI=1S/C11H19NO/c1-3-5-6-7-11(13)8-10(4-2)9-12/h1,10H,4-9,12H2,2H3. The Morgan fingerprint density at radius 2 is 2.31 bits per heavy atom. The smallest absolute Gasteiger partial charge is 0.133 e. The molecular formula is C11H19NO. The highest BCUT2D eigenvalue weighted by Gasteiger charge is 2.09. The molecule has 0 saturated carbocycles. The van der Waals surface area contributed by atoms with E-state index in [1.807, 2.05) is 0 Å². The molecule has 0 aliphatic heterocycles. The molecule has 0 heterocycles. The van der Waals surface area contributed by atoms with Crippen molar-refractivity contribution in [1.29, 1.82) is 0 Å². The molecule has 74 valence electrons. The molecule has 0 aliphatic carbocycles. The summed E-state index contributed by atoms with van der Waals surface area (Å²) in [6, 6.07) is 0. The number of unbranched alkanes of at least 4 members (excludes halogenated alkanes) is 1. The topological polar surface area (TPSA) is 43.1 Å². The number of carbonyl (C=O) groups is 1. The molecule has 0 saturated heterocycles. The Morgan fingerprint density at radius 3 is 2.77 bits per heavy atom. The van der Waals surface area contributed by atoms with Gasteiger partial charge in [0.1, 0.15) is 5.78 Å². The molecule has 0 bridgehead atoms. The maximum Gasteiger partial charge on any atom is 0.133 e. The fourth-order valence-corrected chi connectivity index (χ4v) is 1.21. The maximum absolute atomic E-state index is 11.3. The van der Waals surface area contributed by atoms with Crippen molar-refractivity contribution in [3.05, 3.63) is 0 Å². The van der Waals surface area contributed by atoms with Crippen molar-refractivity contribution in [2.45, 2.75) is 39.0 Å². The Hall–Kier alpha value is -0.810. The number of ketones is 1. The molecule has 13 heavy (non-hydrogen) atoms. The van der Waals surface area contributed by atoms with Crippen LogP contribution in [0.3, 0.4) is 0 Å². The van der Waals surface area contributed by atoms with Gasteiger partial charge in [0.25, 0.3) is 0 Å². The summed E-state index contributed by atoms with van der Waals surface area (Å²) >= 11 is 0. The lowest BCUT2D eigenvalue weighted by atomic mass is 9.97. The van der Waals surface area contributed by atoms with E-state index in [0.29, 0.717) is 37.5 Å². The van der Waals surface area contributed by atoms with Gasteiger partial charge >= 0.3 is 0 Å². The first-order valence-corrected chi connectivity index (χ1v) is 4.89. The molecule has 2 nitrogen and oxygen atoms in total. The fraction of sp³-hybridized carbons (Fsp3) is 0.727. The number of nitrogens with two attached hydrogens (primary N) is 1. The number of carbonyl (C=O) groups excluding carboxylic acids is 1. The molecule has 0 aromatic heterocycles. The van der Waals surface area contributed by atoms with Crippen molar-refractivity contribution in [3.8, 4) is 12.3 Å². The van der Waals surface area contributed by atoms with Crippen LogP contribution >= 0.6 is 0 Å². The Labute approximate surface area is 80.9 Å². The van der Waals surface area contributed by atoms with Crippen LogP contribution < -0.4 is 5.73 Å². The molecule has 0 aromatic carbocycles. The van der Waals surface area contributed by atoms with Crippen LogP contribution in [-0.2, 0) is 4.79 Å². The van der Waals surface area contributed by atoms with Crippen LogP contribution in [-0.4, -0.2) is 12.3 Å². The summed E-state index contributed by atoms with van der Waals surface area (Å²) in [5.41, 5.74) is 5.50. The molecule has 0 aliphatic rings. The fourth-order valence-electron chi connectivity index (χ4n) is 1.21. The van der Waals surface area contributed by atoms with Crippen LogP contribution in [0.5, 0.6) is 0 Å². The summed E-state index contributed by atoms with van der Waals surface area (Å²) in [7, 11) is 0. The summed E-state index contributed by atoms with van der Waals surface area (Å²) in [4.78, 5) is 11.3. The van der Waals surface area contributed by atoms with E-state index >= 15 is 0 Å². The summed E-state index contributed by atoms with van der Waals surface area (Å²) in [5.74, 6) is 3.19. The summed E-state index contributed by atoms with van der Waals surface area (Å²) in [6.45, 7) is 2.67. The average Bonchev–Trinajstić information content (AvgIpc) is 2.14. The molecule has 1 atom stereocenters. The van der Waals surface area contributed by atoms with Gasteiger partial charge in [-0.2, -0.15) is 0 Å². The Balaban J connectivity index is 3.55. The Morgan fingerprint density at radius 1 is 1.62 bits per heavy atom. The zero-order valence-electron chi connectivity index (χ0n) is 8.38. The molecule has 2 N–H and O–H groups in total. The Bertz CT molecular complexity index is 177. The highest BCUT2D eigenvalue weighted by Crippen LogP contribution is 2.09. The molecule has 0 amide bonds. The van der Waals surface area contributed by atoms with Gasteiger partial charge in [0.05, 0.1) is 0 Å². The minimum absolute atomic E-state index is 0.299. The van der Waals surface area contributed by atoms with Crippen molar-refractivity contribution in [2.24, 2.45) is 11.7 Å². The van der Waals surface area contributed by atoms with Gasteiger partial charge in [0.15, 0.2) is 0 Å². The van der Waals surface area contributed by atoms with Gasteiger partial charge < -0.3 is 5.73 Å². The predicted molar refractivity (Wildman–Crippen MR) is 55.1 cm³/mol. The van der Waals surface area contributed by atoms with Gasteiger partial charge in [-0.25, -0.2) is 0 Å². The highest BCUT2D eigenvalue weighted by molar-refractivity contribution is 5.78. The van der Waals surface area contributed by atoms with Gasteiger partial charge in [-0.05, 0) is 18.9 Å². The minimum atomic E-state index is 0.299. The van der Waals surface area contributed by atoms with E-state index in [4.69, 9.17) is 12.2 Å². The van der Waals surface area contributed by atoms with Crippen LogP contribution in [0, 0.1) is 18.3 Å². The lowest BCUT2D eigenvalue weighted by molar-refractivity contribution is -0.120. The third kappa shape index (κ3) is 6.36. The van der Waals surface area contributed by atoms with Gasteiger partial charge in [-0.15, -0.1) is 12.3 Å². The van der Waals surface area contributed by atoms with Gasteiger partial charge in [0, 0.05) is 19.3 Å². The monoisotopic (exact) mass is 181 g/mol. The van der Waals surface area contributed by atoms with Crippen molar-refractivity contribution in [1.82, 2.24) is 0 Å². The number of hydrogen-bond acceptors (Lipinski definition) is 2. The van der Waals surface area contributed by atoms with E-state index in [9.17, 15) is 4.79 Å². The minimum Gasteiger partial charge on any atom is -0.330 e. The molecule has 2 heteroatoms. The van der Waals surface area contributed by atoms with Crippen LogP contribution in [0.25, 0.3) is 0 Å². The Kier molecular flexibility index (Phi) is 7.33. The SMILES string of the molecule is C#CCCCC(=O)CC(CC)CN. The highest BCUT2D eigenvalue weighted by atomic mass is 16.1. The summed E-state index contributed by atoms with van der Waals surface area (Å²) in [5, 5.41) is 0. The predicted octanol–water partition coefficient (Wildman–Crippen LogP) is 1.73. The normalized spacial score (nSPS) is 12.1. The van der Waals surface area contributed by atoms with Gasteiger partial charge in [-0.3, -0.25) is 4.79 Å². The summed E-state index contributed by atoms with van der Waals surface area (Å²) in [6.07, 6.45) is 8.82. The first-order valence-electron chi connectivity index (χ1n) is 4.89. The van der Waals surface area contributed by atoms with E-state index < -0.39 is 0 Å². The lowest BCUT2D eigenvalue weighted by Crippen LogP contribution is -2.17. The van der Waals surface area contributed by atoms with E-state index in [0.717, 1.165) is 12.8 Å². The van der Waals surface area contributed by atoms with Crippen molar-refractivity contribution < 1.29 is 4.79 Å². The number of terminal acetylenes is 1. The van der Waals surface area contributed by atoms with E-state index in [1.54, 1.807) is 0 Å². The zero-order chi connectivity index (χ0) is 10.1. The van der Waals surface area contributed by atoms with E-state index in [-0.39, 0.29) is 0 Å². The number of hydrogen-bond donors (Lipinski definition) is 1. The van der Waals surface area contributed by atoms with Crippen LogP contribution in [0.4, 0.5) is 0 Å². The zero-order valence-corrected chi connectivity index (χ0v) is 8.38. The van der Waals surface area contributed by atoms with Crippen molar-refractivity contribution in [2.75, 3.05) is 6.54 Å². The number of Topliss-reactive ketones (excluding diaryl/α,β-unsaturated/α-hetero) is 1. The molecule has 0 radical (unpaired) electrons. The molecule has 0 spiro atoms. The second-order valence-corrected chi connectivity index (χ2v) is 3.31. The van der Waals surface area contributed by atoms with E-state index in [1.165, 1.54) is 0 Å². The van der Waals surface area contributed by atoms with Crippen LogP contribution in [0.1, 0.15) is 39.0 Å². The molecule has 1 unspecified atom stereocenters. The van der Waals surface area contributed by atoms with E-state index in [2.05, 4.69) is 12.8 Å². The van der Waals surface area contributed by atoms with Crippen LogP contribution in [0.15, 0.2) is 0 Å². The average molecular weight is 181 g/mol. The second kappa shape index (κ2) is 7.82. The quantitative estimate of drug-likeness (QED) is 0.480. The number of rotatable bonds is 7. The van der Waals surface area contributed by atoms with Crippen molar-refractivity contribution >= 4 is 5.78 Å². The van der Waals surface area contributed by atoms with Gasteiger partial charge in [-0.1, -0.05) is 13.3 Å². The molecular weight excluding hydrogens is 162 g/mol. The van der Waals surface area contributed by atoms with Crippen molar-refractivity contribution in [3.63, 3.8) is 0 Å². The second-order valence-electron chi connectivity index (χ2n) is 3.31. The first-order chi connectivity index (χ1) is 6.24. The lowest BCUT2D eigenvalue weighted by Gasteiger charge is -2.09. The third-order valence-corrected chi connectivity index (χ3v) is 2.20.